The molecule has 1 aromatic carbocycles. The first-order valence-corrected chi connectivity index (χ1v) is 5.10. The van der Waals surface area contributed by atoms with Crippen LogP contribution in [0.25, 0.3) is 11.1 Å². The van der Waals surface area contributed by atoms with Gasteiger partial charge in [0.15, 0.2) is 0 Å². The number of rotatable bonds is 1. The maximum Gasteiger partial charge on any atom is 0.220 e. The molecule has 0 spiro atoms. The molecular formula is C11H5Cl2F2N. The highest BCUT2D eigenvalue weighted by molar-refractivity contribution is 6.31. The lowest BCUT2D eigenvalue weighted by Crippen LogP contribution is -1.89. The molecular weight excluding hydrogens is 255 g/mol. The first kappa shape index (κ1) is 11.3. The van der Waals surface area contributed by atoms with Crippen LogP contribution in [0, 0.1) is 11.8 Å². The molecule has 1 heterocycles. The third-order valence-electron chi connectivity index (χ3n) is 2.04. The molecule has 0 atom stereocenters. The molecule has 0 aliphatic rings. The molecule has 1 aromatic heterocycles. The highest BCUT2D eigenvalue weighted by Gasteiger charge is 2.09. The molecule has 0 amide bonds. The third kappa shape index (κ3) is 2.15. The van der Waals surface area contributed by atoms with Crippen LogP contribution in [0.3, 0.4) is 0 Å². The van der Waals surface area contributed by atoms with E-state index in [0.717, 1.165) is 6.07 Å². The molecule has 16 heavy (non-hydrogen) atoms. The average Bonchev–Trinajstić information content (AvgIpc) is 2.26. The van der Waals surface area contributed by atoms with E-state index in [9.17, 15) is 8.78 Å². The van der Waals surface area contributed by atoms with Gasteiger partial charge in [0.2, 0.25) is 5.95 Å². The van der Waals surface area contributed by atoms with Crippen molar-refractivity contribution in [3.8, 4) is 11.1 Å². The summed E-state index contributed by atoms with van der Waals surface area (Å²) in [5.74, 6) is -1.23. The van der Waals surface area contributed by atoms with Gasteiger partial charge in [-0.3, -0.25) is 0 Å². The number of hydrogen-bond acceptors (Lipinski definition) is 1. The number of pyridine rings is 1. The number of halogens is 4. The van der Waals surface area contributed by atoms with Gasteiger partial charge in [-0.25, -0.2) is 9.37 Å². The Balaban J connectivity index is 2.58. The van der Waals surface area contributed by atoms with Crippen molar-refractivity contribution in [2.24, 2.45) is 0 Å². The molecule has 0 N–H and O–H groups in total. The number of nitrogens with zero attached hydrogens (tertiary/aromatic N) is 1. The standard InChI is InChI=1S/C11H5Cl2F2N/c12-7-4-8(11(15)16-5-7)6-1-2-10(14)9(13)3-6/h1-5H. The van der Waals surface area contributed by atoms with E-state index < -0.39 is 11.8 Å². The zero-order valence-corrected chi connectivity index (χ0v) is 9.36. The lowest BCUT2D eigenvalue weighted by molar-refractivity contribution is 0.587. The van der Waals surface area contributed by atoms with E-state index in [-0.39, 0.29) is 10.6 Å². The van der Waals surface area contributed by atoms with Crippen LogP contribution < -0.4 is 0 Å². The fourth-order valence-electron chi connectivity index (χ4n) is 1.29. The maximum atomic E-state index is 13.4. The summed E-state index contributed by atoms with van der Waals surface area (Å²) in [5, 5.41) is 0.230. The van der Waals surface area contributed by atoms with E-state index in [1.807, 2.05) is 0 Å². The van der Waals surface area contributed by atoms with Crippen LogP contribution in [0.2, 0.25) is 10.0 Å². The van der Waals surface area contributed by atoms with E-state index in [1.165, 1.54) is 24.4 Å². The molecule has 0 unspecified atom stereocenters. The molecule has 2 rings (SSSR count). The van der Waals surface area contributed by atoms with Gasteiger partial charge in [-0.15, -0.1) is 0 Å². The van der Waals surface area contributed by atoms with E-state index in [4.69, 9.17) is 23.2 Å². The molecule has 82 valence electrons. The number of hydrogen-bond donors (Lipinski definition) is 0. The molecule has 2 aromatic rings. The van der Waals surface area contributed by atoms with Crippen molar-refractivity contribution in [2.45, 2.75) is 0 Å². The van der Waals surface area contributed by atoms with E-state index in [2.05, 4.69) is 4.98 Å². The van der Waals surface area contributed by atoms with Crippen LogP contribution in [0.5, 0.6) is 0 Å². The molecule has 0 saturated heterocycles. The van der Waals surface area contributed by atoms with Crippen LogP contribution in [0.4, 0.5) is 8.78 Å². The van der Waals surface area contributed by atoms with Gasteiger partial charge >= 0.3 is 0 Å². The van der Waals surface area contributed by atoms with Gasteiger partial charge in [0.25, 0.3) is 0 Å². The summed E-state index contributed by atoms with van der Waals surface area (Å²) >= 11 is 11.3. The summed E-state index contributed by atoms with van der Waals surface area (Å²) in [6.45, 7) is 0. The monoisotopic (exact) mass is 259 g/mol. The molecule has 0 aliphatic carbocycles. The van der Waals surface area contributed by atoms with Gasteiger partial charge in [-0.2, -0.15) is 4.39 Å². The van der Waals surface area contributed by atoms with Crippen molar-refractivity contribution in [3.05, 3.63) is 52.3 Å². The molecule has 0 saturated carbocycles. The normalized spacial score (nSPS) is 10.5. The second kappa shape index (κ2) is 4.36. The zero-order valence-electron chi connectivity index (χ0n) is 7.85. The fourth-order valence-corrected chi connectivity index (χ4v) is 1.63. The predicted octanol–water partition coefficient (Wildman–Crippen LogP) is 4.33. The molecule has 5 heteroatoms. The van der Waals surface area contributed by atoms with Gasteiger partial charge in [-0.1, -0.05) is 29.3 Å². The SMILES string of the molecule is Fc1ccc(-c2cc(Cl)cnc2F)cc1Cl. The Morgan fingerprint density at radius 3 is 2.50 bits per heavy atom. The minimum atomic E-state index is -0.674. The molecule has 0 radical (unpaired) electrons. The van der Waals surface area contributed by atoms with Crippen molar-refractivity contribution in [1.29, 1.82) is 0 Å². The summed E-state index contributed by atoms with van der Waals surface area (Å²) in [4.78, 5) is 3.47. The van der Waals surface area contributed by atoms with E-state index >= 15 is 0 Å². The second-order valence-corrected chi connectivity index (χ2v) is 3.96. The minimum Gasteiger partial charge on any atom is -0.226 e. The Morgan fingerprint density at radius 1 is 1.06 bits per heavy atom. The number of benzene rings is 1. The predicted molar refractivity (Wildman–Crippen MR) is 59.6 cm³/mol. The summed E-state index contributed by atoms with van der Waals surface area (Å²) in [5.41, 5.74) is 0.619. The van der Waals surface area contributed by atoms with Crippen molar-refractivity contribution in [1.82, 2.24) is 4.98 Å². The Morgan fingerprint density at radius 2 is 1.81 bits per heavy atom. The first-order valence-electron chi connectivity index (χ1n) is 4.34. The minimum absolute atomic E-state index is 0.0723. The molecule has 1 nitrogen and oxygen atoms in total. The lowest BCUT2D eigenvalue weighted by atomic mass is 10.1. The van der Waals surface area contributed by atoms with Gasteiger partial charge in [-0.05, 0) is 23.8 Å². The topological polar surface area (TPSA) is 12.9 Å². The largest absolute Gasteiger partial charge is 0.226 e. The van der Waals surface area contributed by atoms with Gasteiger partial charge in [0.05, 0.1) is 10.0 Å². The fraction of sp³-hybridized carbons (Fsp3) is 0. The summed E-state index contributed by atoms with van der Waals surface area (Å²) in [7, 11) is 0. The van der Waals surface area contributed by atoms with Crippen molar-refractivity contribution < 1.29 is 8.78 Å². The molecule has 0 fully saturated rings. The molecule has 0 bridgehead atoms. The van der Waals surface area contributed by atoms with Crippen LogP contribution in [-0.2, 0) is 0 Å². The molecule has 0 aliphatic heterocycles. The summed E-state index contributed by atoms with van der Waals surface area (Å²) in [6.07, 6.45) is 1.20. The van der Waals surface area contributed by atoms with Crippen LogP contribution >= 0.6 is 23.2 Å². The Labute approximate surface area is 101 Å². The third-order valence-corrected chi connectivity index (χ3v) is 2.53. The zero-order chi connectivity index (χ0) is 11.7. The van der Waals surface area contributed by atoms with Crippen LogP contribution in [-0.4, -0.2) is 4.98 Å². The Kier molecular flexibility index (Phi) is 3.08. The number of aromatic nitrogens is 1. The van der Waals surface area contributed by atoms with E-state index in [1.54, 1.807) is 0 Å². The summed E-state index contributed by atoms with van der Waals surface area (Å²) < 4.78 is 26.3. The highest BCUT2D eigenvalue weighted by atomic mass is 35.5. The van der Waals surface area contributed by atoms with Crippen molar-refractivity contribution in [3.63, 3.8) is 0 Å². The Hall–Kier alpha value is -1.19. The second-order valence-electron chi connectivity index (χ2n) is 3.12. The maximum absolute atomic E-state index is 13.4. The quantitative estimate of drug-likeness (QED) is 0.695. The summed E-state index contributed by atoms with van der Waals surface area (Å²) in [6, 6.07) is 5.32. The van der Waals surface area contributed by atoms with Crippen molar-refractivity contribution >= 4 is 23.2 Å². The Bertz CT molecular complexity index is 544. The van der Waals surface area contributed by atoms with E-state index in [0.29, 0.717) is 10.6 Å². The van der Waals surface area contributed by atoms with Crippen molar-refractivity contribution in [2.75, 3.05) is 0 Å². The average molecular weight is 260 g/mol. The highest BCUT2D eigenvalue weighted by Crippen LogP contribution is 2.27. The van der Waals surface area contributed by atoms with Gasteiger partial charge in [0, 0.05) is 11.8 Å². The first-order chi connectivity index (χ1) is 7.58. The van der Waals surface area contributed by atoms with Gasteiger partial charge in [0.1, 0.15) is 5.82 Å². The van der Waals surface area contributed by atoms with Crippen LogP contribution in [0.15, 0.2) is 30.5 Å². The van der Waals surface area contributed by atoms with Gasteiger partial charge < -0.3 is 0 Å². The smallest absolute Gasteiger partial charge is 0.220 e. The van der Waals surface area contributed by atoms with Crippen LogP contribution in [0.1, 0.15) is 0 Å². The lowest BCUT2D eigenvalue weighted by Gasteiger charge is -2.04.